The Morgan fingerprint density at radius 1 is 1.06 bits per heavy atom. The minimum atomic E-state index is -0.0828. The Bertz CT molecular complexity index is 928. The Labute approximate surface area is 210 Å². The lowest BCUT2D eigenvalue weighted by Gasteiger charge is -2.29. The second kappa shape index (κ2) is 14.0. The molecule has 0 bridgehead atoms. The van der Waals surface area contributed by atoms with Gasteiger partial charge in [-0.05, 0) is 68.5 Å². The van der Waals surface area contributed by atoms with Crippen molar-refractivity contribution in [3.05, 3.63) is 42.0 Å². The van der Waals surface area contributed by atoms with E-state index in [1.807, 2.05) is 23.1 Å². The van der Waals surface area contributed by atoms with Crippen LogP contribution >= 0.6 is 0 Å². The molecule has 0 fully saturated rings. The van der Waals surface area contributed by atoms with Gasteiger partial charge in [-0.3, -0.25) is 19.2 Å². The molecule has 2 aromatic rings. The fourth-order valence-corrected chi connectivity index (χ4v) is 4.54. The summed E-state index contributed by atoms with van der Waals surface area (Å²) in [5.74, 6) is 0.613. The molecular weight excluding hydrogens is 440 g/mol. The van der Waals surface area contributed by atoms with Crippen molar-refractivity contribution in [3.63, 3.8) is 0 Å². The SMILES string of the molecule is CC(=O)N1CCCCCCCN(CCC(C)C)Cc2cc(C(=O)NCCCn3cncn3)ccc21. The number of carbonyl (C=O) groups is 2. The zero-order chi connectivity index (χ0) is 25.0. The van der Waals surface area contributed by atoms with Gasteiger partial charge in [0.05, 0.1) is 0 Å². The first kappa shape index (κ1) is 26.9. The van der Waals surface area contributed by atoms with Gasteiger partial charge in [-0.1, -0.05) is 33.1 Å². The number of nitrogens with one attached hydrogen (secondary N) is 1. The lowest BCUT2D eigenvalue weighted by molar-refractivity contribution is -0.116. The van der Waals surface area contributed by atoms with Gasteiger partial charge in [0.15, 0.2) is 0 Å². The van der Waals surface area contributed by atoms with Gasteiger partial charge >= 0.3 is 0 Å². The molecule has 0 atom stereocenters. The molecule has 0 aliphatic carbocycles. The number of aromatic nitrogens is 3. The van der Waals surface area contributed by atoms with Crippen LogP contribution < -0.4 is 10.2 Å². The molecule has 0 radical (unpaired) electrons. The highest BCUT2D eigenvalue weighted by molar-refractivity contribution is 5.97. The predicted molar refractivity (Wildman–Crippen MR) is 139 cm³/mol. The Balaban J connectivity index is 1.78. The van der Waals surface area contributed by atoms with E-state index in [-0.39, 0.29) is 11.8 Å². The van der Waals surface area contributed by atoms with Gasteiger partial charge in [0, 0.05) is 44.4 Å². The van der Waals surface area contributed by atoms with Crippen LogP contribution in [0.1, 0.15) is 81.6 Å². The standard InChI is InChI=1S/C27H42N6O2/c1-22(2)12-17-31-14-7-5-4-6-8-16-33(23(3)34)26-11-10-24(18-25(26)19-31)27(35)29-13-9-15-32-21-28-20-30-32/h10-11,18,20-22H,4-9,12-17,19H2,1-3H3,(H,29,35). The number of amides is 2. The van der Waals surface area contributed by atoms with Crippen molar-refractivity contribution in [2.24, 2.45) is 5.92 Å². The normalized spacial score (nSPS) is 15.8. The zero-order valence-corrected chi connectivity index (χ0v) is 21.7. The highest BCUT2D eigenvalue weighted by Gasteiger charge is 2.20. The molecule has 1 aliphatic rings. The molecule has 192 valence electrons. The summed E-state index contributed by atoms with van der Waals surface area (Å²) in [6, 6.07) is 5.81. The zero-order valence-electron chi connectivity index (χ0n) is 21.7. The van der Waals surface area contributed by atoms with Crippen LogP contribution in [0.5, 0.6) is 0 Å². The second-order valence-corrected chi connectivity index (χ2v) is 10.0. The summed E-state index contributed by atoms with van der Waals surface area (Å²) in [5.41, 5.74) is 2.64. The Morgan fingerprint density at radius 3 is 2.54 bits per heavy atom. The molecule has 1 aromatic carbocycles. The second-order valence-electron chi connectivity index (χ2n) is 10.0. The Hall–Kier alpha value is -2.74. The summed E-state index contributed by atoms with van der Waals surface area (Å²) in [7, 11) is 0. The molecule has 2 amide bonds. The molecule has 8 heteroatoms. The van der Waals surface area contributed by atoms with Crippen LogP contribution in [0.3, 0.4) is 0 Å². The van der Waals surface area contributed by atoms with Crippen molar-refractivity contribution in [2.75, 3.05) is 31.1 Å². The van der Waals surface area contributed by atoms with Crippen LogP contribution in [0, 0.1) is 5.92 Å². The van der Waals surface area contributed by atoms with Gasteiger partial charge in [-0.15, -0.1) is 0 Å². The molecular formula is C27H42N6O2. The predicted octanol–water partition coefficient (Wildman–Crippen LogP) is 4.26. The third-order valence-corrected chi connectivity index (χ3v) is 6.60. The van der Waals surface area contributed by atoms with E-state index in [0.717, 1.165) is 63.1 Å². The Morgan fingerprint density at radius 2 is 1.83 bits per heavy atom. The highest BCUT2D eigenvalue weighted by atomic mass is 16.2. The van der Waals surface area contributed by atoms with E-state index in [0.29, 0.717) is 24.6 Å². The van der Waals surface area contributed by atoms with Crippen LogP contribution in [0.2, 0.25) is 0 Å². The number of fused-ring (bicyclic) bond motifs is 1. The average Bonchev–Trinajstić information content (AvgIpc) is 3.34. The van der Waals surface area contributed by atoms with Crippen molar-refractivity contribution in [1.29, 1.82) is 0 Å². The molecule has 0 saturated heterocycles. The minimum Gasteiger partial charge on any atom is -0.352 e. The number of benzene rings is 1. The number of aryl methyl sites for hydroxylation is 1. The van der Waals surface area contributed by atoms with E-state index in [1.165, 1.54) is 25.6 Å². The smallest absolute Gasteiger partial charge is 0.251 e. The molecule has 35 heavy (non-hydrogen) atoms. The number of hydrogen-bond acceptors (Lipinski definition) is 5. The van der Waals surface area contributed by atoms with Gasteiger partial charge < -0.3 is 10.2 Å². The first-order chi connectivity index (χ1) is 16.9. The Kier molecular flexibility index (Phi) is 10.7. The molecule has 1 N–H and O–H groups in total. The van der Waals surface area contributed by atoms with E-state index >= 15 is 0 Å². The van der Waals surface area contributed by atoms with Crippen LogP contribution in [0.4, 0.5) is 5.69 Å². The summed E-state index contributed by atoms with van der Waals surface area (Å²) >= 11 is 0. The molecule has 8 nitrogen and oxygen atoms in total. The van der Waals surface area contributed by atoms with Gasteiger partial charge in [-0.2, -0.15) is 5.10 Å². The molecule has 1 aliphatic heterocycles. The van der Waals surface area contributed by atoms with Crippen LogP contribution in [-0.2, 0) is 17.9 Å². The van der Waals surface area contributed by atoms with Gasteiger partial charge in [0.25, 0.3) is 5.91 Å². The topological polar surface area (TPSA) is 83.4 Å². The number of nitrogens with zero attached hydrogens (tertiary/aromatic N) is 5. The summed E-state index contributed by atoms with van der Waals surface area (Å²) in [5, 5.41) is 7.12. The first-order valence-corrected chi connectivity index (χ1v) is 13.2. The summed E-state index contributed by atoms with van der Waals surface area (Å²) in [6.45, 7) is 11.0. The third kappa shape index (κ3) is 8.76. The number of rotatable bonds is 8. The number of anilines is 1. The van der Waals surface area contributed by atoms with E-state index in [9.17, 15) is 9.59 Å². The maximum absolute atomic E-state index is 12.9. The van der Waals surface area contributed by atoms with Crippen LogP contribution in [-0.4, -0.2) is 57.7 Å². The molecule has 0 unspecified atom stereocenters. The highest BCUT2D eigenvalue weighted by Crippen LogP contribution is 2.26. The third-order valence-electron chi connectivity index (χ3n) is 6.60. The fraction of sp³-hybridized carbons (Fsp3) is 0.630. The molecule has 3 rings (SSSR count). The van der Waals surface area contributed by atoms with Crippen molar-refractivity contribution < 1.29 is 9.59 Å². The van der Waals surface area contributed by atoms with E-state index in [1.54, 1.807) is 17.9 Å². The molecule has 2 heterocycles. The van der Waals surface area contributed by atoms with Crippen molar-refractivity contribution in [1.82, 2.24) is 25.0 Å². The summed E-state index contributed by atoms with van der Waals surface area (Å²) < 4.78 is 1.76. The van der Waals surface area contributed by atoms with Crippen molar-refractivity contribution in [2.45, 2.75) is 78.8 Å². The van der Waals surface area contributed by atoms with E-state index in [4.69, 9.17) is 0 Å². The minimum absolute atomic E-state index is 0.0577. The van der Waals surface area contributed by atoms with Crippen LogP contribution in [0.15, 0.2) is 30.9 Å². The number of hydrogen-bond donors (Lipinski definition) is 1. The first-order valence-electron chi connectivity index (χ1n) is 13.2. The van der Waals surface area contributed by atoms with Crippen molar-refractivity contribution in [3.8, 4) is 0 Å². The average molecular weight is 483 g/mol. The lowest BCUT2D eigenvalue weighted by atomic mass is 10.0. The number of carbonyl (C=O) groups excluding carboxylic acids is 2. The maximum atomic E-state index is 12.9. The lowest BCUT2D eigenvalue weighted by Crippen LogP contribution is -2.33. The van der Waals surface area contributed by atoms with Crippen molar-refractivity contribution >= 4 is 17.5 Å². The van der Waals surface area contributed by atoms with Gasteiger partial charge in [0.2, 0.25) is 5.91 Å². The molecule has 0 spiro atoms. The van der Waals surface area contributed by atoms with E-state index < -0.39 is 0 Å². The quantitative estimate of drug-likeness (QED) is 0.569. The summed E-state index contributed by atoms with van der Waals surface area (Å²) in [4.78, 5) is 33.9. The van der Waals surface area contributed by atoms with Gasteiger partial charge in [0.1, 0.15) is 12.7 Å². The monoisotopic (exact) mass is 482 g/mol. The summed E-state index contributed by atoms with van der Waals surface area (Å²) in [6.07, 6.45) is 10.9. The molecule has 0 saturated carbocycles. The van der Waals surface area contributed by atoms with Crippen LogP contribution in [0.25, 0.3) is 0 Å². The maximum Gasteiger partial charge on any atom is 0.251 e. The largest absolute Gasteiger partial charge is 0.352 e. The molecule has 1 aromatic heterocycles. The fourth-order valence-electron chi connectivity index (χ4n) is 4.54. The van der Waals surface area contributed by atoms with E-state index in [2.05, 4.69) is 34.1 Å². The van der Waals surface area contributed by atoms with Gasteiger partial charge in [-0.25, -0.2) is 4.98 Å².